The molecule has 0 spiro atoms. The molecule has 0 saturated carbocycles. The number of furan rings is 1. The summed E-state index contributed by atoms with van der Waals surface area (Å²) in [6.45, 7) is 1.70. The average molecular weight is 273 g/mol. The lowest BCUT2D eigenvalue weighted by Crippen LogP contribution is -2.10. The van der Waals surface area contributed by atoms with Crippen LogP contribution in [0.2, 0.25) is 0 Å². The number of nitrogens with one attached hydrogen (secondary N) is 1. The van der Waals surface area contributed by atoms with Crippen LogP contribution in [0.5, 0.6) is 0 Å². The highest BCUT2D eigenvalue weighted by Gasteiger charge is 2.31. The zero-order valence-electron chi connectivity index (χ0n) is 9.96. The Morgan fingerprint density at radius 1 is 1.21 bits per heavy atom. The molecule has 2 rings (SSSR count). The van der Waals surface area contributed by atoms with Gasteiger partial charge in [0.25, 0.3) is 0 Å². The lowest BCUT2D eigenvalue weighted by atomic mass is 10.1. The fraction of sp³-hybridized carbons (Fsp3) is 0.231. The van der Waals surface area contributed by atoms with Crippen LogP contribution < -0.4 is 5.32 Å². The van der Waals surface area contributed by atoms with Crippen molar-refractivity contribution in [3.05, 3.63) is 53.7 Å². The third-order valence-corrected chi connectivity index (χ3v) is 2.71. The summed E-state index contributed by atoms with van der Waals surface area (Å²) in [4.78, 5) is 0. The topological polar surface area (TPSA) is 25.2 Å². The van der Waals surface area contributed by atoms with Gasteiger partial charge >= 0.3 is 6.18 Å². The Kier molecular flexibility index (Phi) is 3.50. The molecule has 0 saturated heterocycles. The van der Waals surface area contributed by atoms with Gasteiger partial charge in [-0.25, -0.2) is 4.39 Å². The minimum Gasteiger partial charge on any atom is -0.472 e. The van der Waals surface area contributed by atoms with E-state index < -0.39 is 17.6 Å². The molecule has 1 aromatic heterocycles. The largest absolute Gasteiger partial charge is 0.472 e. The van der Waals surface area contributed by atoms with E-state index in [0.29, 0.717) is 6.07 Å². The van der Waals surface area contributed by atoms with E-state index >= 15 is 0 Å². The summed E-state index contributed by atoms with van der Waals surface area (Å²) in [5.41, 5.74) is -0.365. The van der Waals surface area contributed by atoms with Crippen LogP contribution in [0.25, 0.3) is 0 Å². The van der Waals surface area contributed by atoms with E-state index in [1.807, 2.05) is 0 Å². The fourth-order valence-corrected chi connectivity index (χ4v) is 1.65. The van der Waals surface area contributed by atoms with Gasteiger partial charge < -0.3 is 9.73 Å². The molecule has 2 aromatic rings. The van der Waals surface area contributed by atoms with Crippen LogP contribution in [-0.4, -0.2) is 0 Å². The van der Waals surface area contributed by atoms with Gasteiger partial charge in [-0.1, -0.05) is 0 Å². The first-order chi connectivity index (χ1) is 8.88. The first-order valence-corrected chi connectivity index (χ1v) is 5.53. The van der Waals surface area contributed by atoms with Crippen molar-refractivity contribution in [2.24, 2.45) is 0 Å². The summed E-state index contributed by atoms with van der Waals surface area (Å²) in [7, 11) is 0. The molecule has 0 bridgehead atoms. The van der Waals surface area contributed by atoms with Crippen molar-refractivity contribution in [3.8, 4) is 0 Å². The average Bonchev–Trinajstić information content (AvgIpc) is 2.84. The molecule has 102 valence electrons. The Balaban J connectivity index is 2.25. The van der Waals surface area contributed by atoms with Gasteiger partial charge in [0.05, 0.1) is 29.8 Å². The second kappa shape index (κ2) is 4.95. The van der Waals surface area contributed by atoms with Crippen LogP contribution in [0.15, 0.2) is 41.2 Å². The number of rotatable bonds is 3. The molecule has 1 atom stereocenters. The molecule has 1 N–H and O–H groups in total. The standard InChI is InChI=1S/C13H11F4NO/c1-8(9-4-5-19-7-9)18-12-6-10(13(15,16)17)2-3-11(12)14/h2-8,18H,1H3. The Morgan fingerprint density at radius 3 is 2.53 bits per heavy atom. The summed E-state index contributed by atoms with van der Waals surface area (Å²) >= 11 is 0. The summed E-state index contributed by atoms with van der Waals surface area (Å²) in [5.74, 6) is -0.733. The predicted molar refractivity (Wildman–Crippen MR) is 62.1 cm³/mol. The molecular formula is C13H11F4NO. The highest BCUT2D eigenvalue weighted by Crippen LogP contribution is 2.32. The molecule has 2 nitrogen and oxygen atoms in total. The number of hydrogen-bond donors (Lipinski definition) is 1. The minimum absolute atomic E-state index is 0.191. The van der Waals surface area contributed by atoms with Crippen LogP contribution in [0.4, 0.5) is 23.2 Å². The van der Waals surface area contributed by atoms with Crippen molar-refractivity contribution >= 4 is 5.69 Å². The molecular weight excluding hydrogens is 262 g/mol. The molecule has 0 aliphatic carbocycles. The molecule has 1 heterocycles. The predicted octanol–water partition coefficient (Wildman–Crippen LogP) is 4.61. The van der Waals surface area contributed by atoms with Crippen LogP contribution in [0, 0.1) is 5.82 Å². The molecule has 0 amide bonds. The van der Waals surface area contributed by atoms with Crippen LogP contribution >= 0.6 is 0 Å². The van der Waals surface area contributed by atoms with Crippen molar-refractivity contribution in [2.75, 3.05) is 5.32 Å². The summed E-state index contributed by atoms with van der Waals surface area (Å²) in [6.07, 6.45) is -1.61. The number of halogens is 4. The van der Waals surface area contributed by atoms with Crippen molar-refractivity contribution < 1.29 is 22.0 Å². The van der Waals surface area contributed by atoms with Crippen LogP contribution in [0.1, 0.15) is 24.1 Å². The molecule has 19 heavy (non-hydrogen) atoms. The summed E-state index contributed by atoms with van der Waals surface area (Å²) < 4.78 is 56.0. The van der Waals surface area contributed by atoms with Gasteiger partial charge in [0.1, 0.15) is 5.82 Å². The zero-order chi connectivity index (χ0) is 14.0. The van der Waals surface area contributed by atoms with Gasteiger partial charge in [-0.05, 0) is 31.2 Å². The van der Waals surface area contributed by atoms with Crippen LogP contribution in [-0.2, 0) is 6.18 Å². The fourth-order valence-electron chi connectivity index (χ4n) is 1.65. The van der Waals surface area contributed by atoms with E-state index in [0.717, 1.165) is 17.7 Å². The van der Waals surface area contributed by atoms with E-state index in [-0.39, 0.29) is 11.7 Å². The first-order valence-electron chi connectivity index (χ1n) is 5.53. The quantitative estimate of drug-likeness (QED) is 0.826. The third kappa shape index (κ3) is 3.07. The minimum atomic E-state index is -4.50. The van der Waals surface area contributed by atoms with E-state index in [2.05, 4.69) is 5.32 Å². The molecule has 1 aromatic carbocycles. The Bertz CT molecular complexity index is 548. The Labute approximate surface area is 107 Å². The van der Waals surface area contributed by atoms with Crippen molar-refractivity contribution in [2.45, 2.75) is 19.1 Å². The first kappa shape index (κ1) is 13.5. The second-order valence-corrected chi connectivity index (χ2v) is 4.12. The second-order valence-electron chi connectivity index (χ2n) is 4.12. The van der Waals surface area contributed by atoms with Gasteiger partial charge in [0.2, 0.25) is 0 Å². The zero-order valence-corrected chi connectivity index (χ0v) is 9.96. The highest BCUT2D eigenvalue weighted by atomic mass is 19.4. The van der Waals surface area contributed by atoms with E-state index in [4.69, 9.17) is 4.42 Å². The number of hydrogen-bond acceptors (Lipinski definition) is 2. The van der Waals surface area contributed by atoms with Gasteiger partial charge in [0, 0.05) is 5.56 Å². The SMILES string of the molecule is CC(Nc1cc(C(F)(F)F)ccc1F)c1ccoc1. The molecule has 0 aliphatic rings. The van der Waals surface area contributed by atoms with Crippen molar-refractivity contribution in [3.63, 3.8) is 0 Å². The molecule has 0 fully saturated rings. The van der Waals surface area contributed by atoms with Gasteiger partial charge in [-0.15, -0.1) is 0 Å². The molecule has 0 aliphatic heterocycles. The monoisotopic (exact) mass is 273 g/mol. The molecule has 1 unspecified atom stereocenters. The van der Waals surface area contributed by atoms with E-state index in [9.17, 15) is 17.6 Å². The molecule has 0 radical (unpaired) electrons. The maximum atomic E-state index is 13.5. The van der Waals surface area contributed by atoms with E-state index in [1.54, 1.807) is 13.0 Å². The maximum absolute atomic E-state index is 13.5. The number of anilines is 1. The smallest absolute Gasteiger partial charge is 0.416 e. The normalized spacial score (nSPS) is 13.3. The van der Waals surface area contributed by atoms with Crippen molar-refractivity contribution in [1.29, 1.82) is 0 Å². The third-order valence-electron chi connectivity index (χ3n) is 2.71. The lowest BCUT2D eigenvalue weighted by Gasteiger charge is -2.16. The Hall–Kier alpha value is -1.98. The Morgan fingerprint density at radius 2 is 1.95 bits per heavy atom. The summed E-state index contributed by atoms with van der Waals surface area (Å²) in [6, 6.07) is 3.56. The maximum Gasteiger partial charge on any atom is 0.416 e. The van der Waals surface area contributed by atoms with Gasteiger partial charge in [0.15, 0.2) is 0 Å². The van der Waals surface area contributed by atoms with E-state index in [1.165, 1.54) is 12.5 Å². The van der Waals surface area contributed by atoms with Crippen LogP contribution in [0.3, 0.4) is 0 Å². The van der Waals surface area contributed by atoms with Gasteiger partial charge in [-0.3, -0.25) is 0 Å². The number of alkyl halides is 3. The number of benzene rings is 1. The molecule has 6 heteroatoms. The van der Waals surface area contributed by atoms with Crippen molar-refractivity contribution in [1.82, 2.24) is 0 Å². The summed E-state index contributed by atoms with van der Waals surface area (Å²) in [5, 5.41) is 2.69. The van der Waals surface area contributed by atoms with Gasteiger partial charge in [-0.2, -0.15) is 13.2 Å². The lowest BCUT2D eigenvalue weighted by molar-refractivity contribution is -0.137. The highest BCUT2D eigenvalue weighted by molar-refractivity contribution is 5.49.